The molecule has 1 aromatic carbocycles. The summed E-state index contributed by atoms with van der Waals surface area (Å²) in [6.07, 6.45) is -0.321. The first-order chi connectivity index (χ1) is 13.7. The summed E-state index contributed by atoms with van der Waals surface area (Å²) in [5, 5.41) is 2.61. The standard InChI is InChI=1S/C21H31NO7/c1-6-26-18(23)17(19(24)27-7-2)14-15-8-10-16(11-9-15)28-13-12-22-20(25)29-21(3,4)5/h8-11,17H,6-7,12-14H2,1-5H3,(H,22,25). The van der Waals surface area contributed by atoms with E-state index in [1.165, 1.54) is 0 Å². The van der Waals surface area contributed by atoms with E-state index in [9.17, 15) is 14.4 Å². The van der Waals surface area contributed by atoms with Crippen LogP contribution >= 0.6 is 0 Å². The van der Waals surface area contributed by atoms with E-state index in [1.54, 1.807) is 58.9 Å². The van der Waals surface area contributed by atoms with Gasteiger partial charge in [0, 0.05) is 0 Å². The molecule has 29 heavy (non-hydrogen) atoms. The topological polar surface area (TPSA) is 100 Å². The number of hydrogen-bond donors (Lipinski definition) is 1. The molecule has 0 saturated carbocycles. The lowest BCUT2D eigenvalue weighted by Crippen LogP contribution is -2.34. The molecule has 1 N–H and O–H groups in total. The van der Waals surface area contributed by atoms with Gasteiger partial charge in [-0.1, -0.05) is 12.1 Å². The number of benzene rings is 1. The van der Waals surface area contributed by atoms with Crippen LogP contribution in [0.5, 0.6) is 5.75 Å². The zero-order valence-electron chi connectivity index (χ0n) is 17.8. The van der Waals surface area contributed by atoms with Crippen molar-refractivity contribution < 1.29 is 33.3 Å². The van der Waals surface area contributed by atoms with Crippen LogP contribution < -0.4 is 10.1 Å². The van der Waals surface area contributed by atoms with Crippen LogP contribution in [0.3, 0.4) is 0 Å². The average Bonchev–Trinajstić information content (AvgIpc) is 2.63. The van der Waals surface area contributed by atoms with E-state index in [4.69, 9.17) is 18.9 Å². The molecule has 0 bridgehead atoms. The minimum Gasteiger partial charge on any atom is -0.492 e. The monoisotopic (exact) mass is 409 g/mol. The van der Waals surface area contributed by atoms with E-state index in [1.807, 2.05) is 0 Å². The molecule has 0 aromatic heterocycles. The van der Waals surface area contributed by atoms with Crippen LogP contribution in [0.1, 0.15) is 40.2 Å². The second-order valence-corrected chi connectivity index (χ2v) is 7.18. The summed E-state index contributed by atoms with van der Waals surface area (Å²) in [7, 11) is 0. The van der Waals surface area contributed by atoms with Crippen LogP contribution in [0.25, 0.3) is 0 Å². The van der Waals surface area contributed by atoms with Crippen LogP contribution in [0, 0.1) is 5.92 Å². The predicted octanol–water partition coefficient (Wildman–Crippen LogP) is 2.88. The molecule has 8 nitrogen and oxygen atoms in total. The highest BCUT2D eigenvalue weighted by Crippen LogP contribution is 2.17. The van der Waals surface area contributed by atoms with E-state index in [0.29, 0.717) is 12.3 Å². The Balaban J connectivity index is 2.53. The third-order valence-electron chi connectivity index (χ3n) is 3.54. The van der Waals surface area contributed by atoms with Gasteiger partial charge in [0.05, 0.1) is 19.8 Å². The first-order valence-electron chi connectivity index (χ1n) is 9.68. The average molecular weight is 409 g/mol. The Kier molecular flexibility index (Phi) is 9.99. The third-order valence-corrected chi connectivity index (χ3v) is 3.54. The SMILES string of the molecule is CCOC(=O)C(Cc1ccc(OCCNC(=O)OC(C)(C)C)cc1)C(=O)OCC. The molecular formula is C21H31NO7. The molecular weight excluding hydrogens is 378 g/mol. The van der Waals surface area contributed by atoms with Gasteiger partial charge in [0.2, 0.25) is 0 Å². The quantitative estimate of drug-likeness (QED) is 0.274. The van der Waals surface area contributed by atoms with E-state index in [-0.39, 0.29) is 26.2 Å². The number of amides is 1. The summed E-state index contributed by atoms with van der Waals surface area (Å²) in [6, 6.07) is 7.00. The molecule has 0 heterocycles. The number of hydrogen-bond acceptors (Lipinski definition) is 7. The molecule has 0 aliphatic rings. The lowest BCUT2D eigenvalue weighted by molar-refractivity contribution is -0.161. The summed E-state index contributed by atoms with van der Waals surface area (Å²) in [6.45, 7) is 9.69. The third kappa shape index (κ3) is 9.82. The van der Waals surface area contributed by atoms with Crippen LogP contribution in [0.4, 0.5) is 4.79 Å². The highest BCUT2D eigenvalue weighted by molar-refractivity contribution is 5.95. The van der Waals surface area contributed by atoms with Crippen molar-refractivity contribution in [2.75, 3.05) is 26.4 Å². The van der Waals surface area contributed by atoms with Crippen LogP contribution in [-0.2, 0) is 30.2 Å². The van der Waals surface area contributed by atoms with Crippen LogP contribution in [0.2, 0.25) is 0 Å². The van der Waals surface area contributed by atoms with Gasteiger partial charge in [0.1, 0.15) is 18.0 Å². The second kappa shape index (κ2) is 11.9. The molecule has 0 aliphatic carbocycles. The fourth-order valence-electron chi connectivity index (χ4n) is 2.34. The Morgan fingerprint density at radius 1 is 0.966 bits per heavy atom. The van der Waals surface area contributed by atoms with E-state index in [0.717, 1.165) is 5.56 Å². The lowest BCUT2D eigenvalue weighted by Gasteiger charge is -2.19. The number of ether oxygens (including phenoxy) is 4. The summed E-state index contributed by atoms with van der Waals surface area (Å²) in [4.78, 5) is 35.7. The van der Waals surface area contributed by atoms with E-state index >= 15 is 0 Å². The van der Waals surface area contributed by atoms with Crippen LogP contribution in [-0.4, -0.2) is 50.0 Å². The molecule has 0 saturated heterocycles. The highest BCUT2D eigenvalue weighted by Gasteiger charge is 2.29. The Morgan fingerprint density at radius 2 is 1.52 bits per heavy atom. The Morgan fingerprint density at radius 3 is 2.00 bits per heavy atom. The number of carbonyl (C=O) groups is 3. The van der Waals surface area contributed by atoms with Crippen molar-refractivity contribution in [3.8, 4) is 5.75 Å². The number of nitrogens with one attached hydrogen (secondary N) is 1. The van der Waals surface area contributed by atoms with Crippen molar-refractivity contribution in [2.24, 2.45) is 5.92 Å². The molecule has 0 aliphatic heterocycles. The van der Waals surface area contributed by atoms with Gasteiger partial charge in [-0.15, -0.1) is 0 Å². The van der Waals surface area contributed by atoms with E-state index in [2.05, 4.69) is 5.32 Å². The normalized spacial score (nSPS) is 11.0. The van der Waals surface area contributed by atoms with Crippen molar-refractivity contribution in [1.82, 2.24) is 5.32 Å². The van der Waals surface area contributed by atoms with Gasteiger partial charge in [0.25, 0.3) is 0 Å². The smallest absolute Gasteiger partial charge is 0.407 e. The first-order valence-corrected chi connectivity index (χ1v) is 9.68. The fraction of sp³-hybridized carbons (Fsp3) is 0.571. The van der Waals surface area contributed by atoms with Crippen LogP contribution in [0.15, 0.2) is 24.3 Å². The molecule has 0 unspecified atom stereocenters. The van der Waals surface area contributed by atoms with Gasteiger partial charge in [0.15, 0.2) is 5.92 Å². The Bertz CT molecular complexity index is 647. The zero-order valence-corrected chi connectivity index (χ0v) is 17.8. The minimum absolute atomic E-state index is 0.179. The van der Waals surface area contributed by atoms with Gasteiger partial charge in [-0.05, 0) is 58.7 Å². The van der Waals surface area contributed by atoms with Gasteiger partial charge < -0.3 is 24.3 Å². The molecule has 1 aromatic rings. The number of alkyl carbamates (subject to hydrolysis) is 1. The molecule has 1 rings (SSSR count). The second-order valence-electron chi connectivity index (χ2n) is 7.18. The number of esters is 2. The summed E-state index contributed by atoms with van der Waals surface area (Å²) in [5.41, 5.74) is 0.224. The summed E-state index contributed by atoms with van der Waals surface area (Å²) < 4.78 is 20.6. The number of rotatable bonds is 10. The minimum atomic E-state index is -1.00. The van der Waals surface area contributed by atoms with E-state index < -0.39 is 29.6 Å². The lowest BCUT2D eigenvalue weighted by atomic mass is 9.99. The van der Waals surface area contributed by atoms with Crippen molar-refractivity contribution >= 4 is 18.0 Å². The van der Waals surface area contributed by atoms with Gasteiger partial charge in [-0.25, -0.2) is 4.79 Å². The largest absolute Gasteiger partial charge is 0.492 e. The first kappa shape index (κ1) is 24.3. The zero-order chi connectivity index (χ0) is 21.9. The predicted molar refractivity (Wildman–Crippen MR) is 107 cm³/mol. The number of carbonyl (C=O) groups excluding carboxylic acids is 3. The molecule has 0 radical (unpaired) electrons. The van der Waals surface area contributed by atoms with Crippen molar-refractivity contribution in [3.05, 3.63) is 29.8 Å². The molecule has 0 atom stereocenters. The Labute approximate surface area is 171 Å². The molecule has 0 fully saturated rings. The molecule has 162 valence electrons. The van der Waals surface area contributed by atoms with Gasteiger partial charge in [-0.3, -0.25) is 9.59 Å². The maximum atomic E-state index is 12.1. The van der Waals surface area contributed by atoms with Gasteiger partial charge in [-0.2, -0.15) is 0 Å². The van der Waals surface area contributed by atoms with Crippen molar-refractivity contribution in [3.63, 3.8) is 0 Å². The van der Waals surface area contributed by atoms with Crippen molar-refractivity contribution in [2.45, 2.75) is 46.6 Å². The molecule has 1 amide bonds. The fourth-order valence-corrected chi connectivity index (χ4v) is 2.34. The maximum Gasteiger partial charge on any atom is 0.407 e. The Hall–Kier alpha value is -2.77. The summed E-state index contributed by atoms with van der Waals surface area (Å²) in [5.74, 6) is -1.60. The van der Waals surface area contributed by atoms with Crippen molar-refractivity contribution in [1.29, 1.82) is 0 Å². The summed E-state index contributed by atoms with van der Waals surface area (Å²) >= 11 is 0. The molecule has 0 spiro atoms. The van der Waals surface area contributed by atoms with Gasteiger partial charge >= 0.3 is 18.0 Å². The molecule has 8 heteroatoms. The maximum absolute atomic E-state index is 12.1. The highest BCUT2D eigenvalue weighted by atomic mass is 16.6.